The highest BCUT2D eigenvalue weighted by atomic mass is 32.1. The van der Waals surface area contributed by atoms with Gasteiger partial charge in [-0.3, -0.25) is 0 Å². The van der Waals surface area contributed by atoms with Gasteiger partial charge in [-0.2, -0.15) is 0 Å². The molecule has 20 heavy (non-hydrogen) atoms. The fraction of sp³-hybridized carbons (Fsp3) is 0.400. The second-order valence-electron chi connectivity index (χ2n) is 4.39. The second-order valence-corrected chi connectivity index (χ2v) is 5.33. The molecule has 0 amide bonds. The van der Waals surface area contributed by atoms with E-state index in [9.17, 15) is 0 Å². The van der Waals surface area contributed by atoms with Crippen LogP contribution in [0.25, 0.3) is 0 Å². The van der Waals surface area contributed by atoms with E-state index < -0.39 is 0 Å². The fourth-order valence-electron chi connectivity index (χ4n) is 1.89. The lowest BCUT2D eigenvalue weighted by Gasteiger charge is -2.11. The number of aryl methyl sites for hydroxylation is 1. The molecule has 5 heteroatoms. The van der Waals surface area contributed by atoms with E-state index in [0.29, 0.717) is 13.2 Å². The first-order chi connectivity index (χ1) is 9.76. The number of thiazole rings is 1. The first-order valence-corrected chi connectivity index (χ1v) is 7.57. The maximum atomic E-state index is 5.88. The first kappa shape index (κ1) is 14.8. The van der Waals surface area contributed by atoms with Crippen molar-refractivity contribution < 1.29 is 9.47 Å². The summed E-state index contributed by atoms with van der Waals surface area (Å²) in [6, 6.07) is 5.83. The number of nitrogens with zero attached hydrogens (tertiary/aromatic N) is 1. The van der Waals surface area contributed by atoms with Crippen LogP contribution in [0.15, 0.2) is 23.6 Å². The van der Waals surface area contributed by atoms with Crippen LogP contribution >= 0.6 is 11.3 Å². The number of nitrogens with two attached hydrogens (primary N) is 1. The van der Waals surface area contributed by atoms with Crippen LogP contribution in [-0.2, 0) is 19.4 Å². The van der Waals surface area contributed by atoms with Crippen molar-refractivity contribution in [2.45, 2.75) is 26.4 Å². The Balaban J connectivity index is 2.09. The second kappa shape index (κ2) is 7.26. The molecule has 0 aliphatic carbocycles. The zero-order valence-corrected chi connectivity index (χ0v) is 12.7. The van der Waals surface area contributed by atoms with E-state index in [1.807, 2.05) is 23.6 Å². The topological polar surface area (TPSA) is 57.4 Å². The Bertz CT molecular complexity index is 555. The van der Waals surface area contributed by atoms with Crippen LogP contribution in [0.5, 0.6) is 11.5 Å². The Labute approximate surface area is 123 Å². The van der Waals surface area contributed by atoms with Crippen LogP contribution in [0.3, 0.4) is 0 Å². The quantitative estimate of drug-likeness (QED) is 0.852. The predicted molar refractivity (Wildman–Crippen MR) is 81.6 cm³/mol. The van der Waals surface area contributed by atoms with E-state index in [1.54, 1.807) is 18.4 Å². The highest BCUT2D eigenvalue weighted by Crippen LogP contribution is 2.26. The number of hydrogen-bond acceptors (Lipinski definition) is 5. The highest BCUT2D eigenvalue weighted by Gasteiger charge is 2.07. The Morgan fingerprint density at radius 3 is 2.85 bits per heavy atom. The van der Waals surface area contributed by atoms with Crippen molar-refractivity contribution in [3.05, 3.63) is 39.8 Å². The molecule has 1 aromatic heterocycles. The average molecular weight is 292 g/mol. The largest absolute Gasteiger partial charge is 0.497 e. The SMILES string of the molecule is CCc1nc(COc2cc(OC)ccc2CCN)cs1. The smallest absolute Gasteiger partial charge is 0.131 e. The molecule has 0 unspecified atom stereocenters. The molecular formula is C15H20N2O2S. The van der Waals surface area contributed by atoms with Gasteiger partial charge in [-0.05, 0) is 31.0 Å². The van der Waals surface area contributed by atoms with Crippen molar-refractivity contribution >= 4 is 11.3 Å². The Morgan fingerprint density at radius 1 is 1.35 bits per heavy atom. The molecule has 2 N–H and O–H groups in total. The summed E-state index contributed by atoms with van der Waals surface area (Å²) in [6.45, 7) is 3.17. The van der Waals surface area contributed by atoms with Gasteiger partial charge in [-0.15, -0.1) is 11.3 Å². The minimum absolute atomic E-state index is 0.473. The van der Waals surface area contributed by atoms with Gasteiger partial charge in [-0.1, -0.05) is 13.0 Å². The molecule has 2 aromatic rings. The summed E-state index contributed by atoms with van der Waals surface area (Å²) in [5, 5.41) is 3.18. The molecule has 2 rings (SSSR count). The number of methoxy groups -OCH3 is 1. The summed E-state index contributed by atoms with van der Waals surface area (Å²) < 4.78 is 11.1. The minimum Gasteiger partial charge on any atom is -0.497 e. The van der Waals surface area contributed by atoms with E-state index in [4.69, 9.17) is 15.2 Å². The van der Waals surface area contributed by atoms with Gasteiger partial charge in [0.25, 0.3) is 0 Å². The molecule has 0 fully saturated rings. The van der Waals surface area contributed by atoms with Crippen molar-refractivity contribution in [3.63, 3.8) is 0 Å². The third kappa shape index (κ3) is 3.71. The van der Waals surface area contributed by atoms with Crippen LogP contribution in [-0.4, -0.2) is 18.6 Å². The maximum Gasteiger partial charge on any atom is 0.131 e. The van der Waals surface area contributed by atoms with Crippen molar-refractivity contribution in [1.82, 2.24) is 4.98 Å². The molecule has 108 valence electrons. The fourth-order valence-corrected chi connectivity index (χ4v) is 2.62. The van der Waals surface area contributed by atoms with Gasteiger partial charge in [0.1, 0.15) is 18.1 Å². The molecule has 0 spiro atoms. The summed E-state index contributed by atoms with van der Waals surface area (Å²) in [5.41, 5.74) is 7.69. The van der Waals surface area contributed by atoms with Crippen LogP contribution in [0.1, 0.15) is 23.2 Å². The monoisotopic (exact) mass is 292 g/mol. The molecule has 0 aliphatic heterocycles. The highest BCUT2D eigenvalue weighted by molar-refractivity contribution is 7.09. The lowest BCUT2D eigenvalue weighted by Crippen LogP contribution is -2.06. The van der Waals surface area contributed by atoms with Crippen LogP contribution in [0.4, 0.5) is 0 Å². The first-order valence-electron chi connectivity index (χ1n) is 6.69. The van der Waals surface area contributed by atoms with Crippen LogP contribution in [0, 0.1) is 0 Å². The van der Waals surface area contributed by atoms with E-state index in [-0.39, 0.29) is 0 Å². The van der Waals surface area contributed by atoms with Crippen molar-refractivity contribution in [1.29, 1.82) is 0 Å². The number of ether oxygens (including phenoxy) is 2. The van der Waals surface area contributed by atoms with Crippen LogP contribution in [0.2, 0.25) is 0 Å². The van der Waals surface area contributed by atoms with Gasteiger partial charge >= 0.3 is 0 Å². The standard InChI is InChI=1S/C15H20N2O2S/c1-3-15-17-12(10-20-15)9-19-14-8-13(18-2)5-4-11(14)6-7-16/h4-5,8,10H,3,6-7,9,16H2,1-2H3. The third-order valence-corrected chi connectivity index (χ3v) is 4.01. The van der Waals surface area contributed by atoms with Gasteiger partial charge in [0, 0.05) is 11.4 Å². The van der Waals surface area contributed by atoms with Gasteiger partial charge in [0.15, 0.2) is 0 Å². The van der Waals surface area contributed by atoms with Gasteiger partial charge in [0.2, 0.25) is 0 Å². The molecule has 0 bridgehead atoms. The van der Waals surface area contributed by atoms with E-state index in [0.717, 1.165) is 40.6 Å². The van der Waals surface area contributed by atoms with Crippen molar-refractivity contribution in [2.24, 2.45) is 5.73 Å². The zero-order valence-electron chi connectivity index (χ0n) is 11.9. The Morgan fingerprint density at radius 2 is 2.20 bits per heavy atom. The number of aromatic nitrogens is 1. The lowest BCUT2D eigenvalue weighted by atomic mass is 10.1. The minimum atomic E-state index is 0.473. The summed E-state index contributed by atoms with van der Waals surface area (Å²) in [4.78, 5) is 4.50. The van der Waals surface area contributed by atoms with E-state index in [1.165, 1.54) is 0 Å². The molecule has 0 aliphatic rings. The van der Waals surface area contributed by atoms with Crippen LogP contribution < -0.4 is 15.2 Å². The van der Waals surface area contributed by atoms with Gasteiger partial charge in [-0.25, -0.2) is 4.98 Å². The average Bonchev–Trinajstić information content (AvgIpc) is 2.94. The van der Waals surface area contributed by atoms with Crippen molar-refractivity contribution in [3.8, 4) is 11.5 Å². The van der Waals surface area contributed by atoms with E-state index >= 15 is 0 Å². The molecule has 0 atom stereocenters. The normalized spacial score (nSPS) is 10.6. The number of rotatable bonds is 7. The molecular weight excluding hydrogens is 272 g/mol. The zero-order chi connectivity index (χ0) is 14.4. The predicted octanol–water partition coefficient (Wildman–Crippen LogP) is 2.79. The molecule has 0 radical (unpaired) electrons. The van der Waals surface area contributed by atoms with E-state index in [2.05, 4.69) is 11.9 Å². The number of benzene rings is 1. The van der Waals surface area contributed by atoms with Gasteiger partial charge < -0.3 is 15.2 Å². The summed E-state index contributed by atoms with van der Waals surface area (Å²) in [7, 11) is 1.65. The molecule has 4 nitrogen and oxygen atoms in total. The summed E-state index contributed by atoms with van der Waals surface area (Å²) >= 11 is 1.67. The van der Waals surface area contributed by atoms with Gasteiger partial charge in [0.05, 0.1) is 17.8 Å². The maximum absolute atomic E-state index is 5.88. The molecule has 0 saturated heterocycles. The number of hydrogen-bond donors (Lipinski definition) is 1. The third-order valence-electron chi connectivity index (χ3n) is 2.97. The Kier molecular flexibility index (Phi) is 5.38. The Hall–Kier alpha value is -1.59. The molecule has 0 saturated carbocycles. The molecule has 1 aromatic carbocycles. The lowest BCUT2D eigenvalue weighted by molar-refractivity contribution is 0.296. The summed E-state index contributed by atoms with van der Waals surface area (Å²) in [6.07, 6.45) is 1.75. The molecule has 1 heterocycles. The van der Waals surface area contributed by atoms with Crippen molar-refractivity contribution in [2.75, 3.05) is 13.7 Å². The summed E-state index contributed by atoms with van der Waals surface area (Å²) in [5.74, 6) is 1.61.